The molecule has 0 aliphatic carbocycles. The molecule has 0 saturated carbocycles. The monoisotopic (exact) mass is 633 g/mol. The molecule has 2 atom stereocenters. The van der Waals surface area contributed by atoms with Crippen molar-refractivity contribution in [1.29, 1.82) is 0 Å². The number of rotatable bonds is 11. The number of halogens is 3. The zero-order chi connectivity index (χ0) is 33.4. The highest BCUT2D eigenvalue weighted by Gasteiger charge is 2.31. The predicted molar refractivity (Wildman–Crippen MR) is 168 cm³/mol. The Balaban J connectivity index is 1.37. The van der Waals surface area contributed by atoms with Crippen molar-refractivity contribution in [3.63, 3.8) is 0 Å². The Morgan fingerprint density at radius 2 is 1.54 bits per heavy atom. The largest absolute Gasteiger partial charge is 0.416 e. The third-order valence-electron chi connectivity index (χ3n) is 6.56. The zero-order valence-corrected chi connectivity index (χ0v) is 24.6. The molecule has 0 fully saturated rings. The molecule has 14 heteroatoms. The summed E-state index contributed by atoms with van der Waals surface area (Å²) in [4.78, 5) is 45.6. The number of anilines is 5. The molecule has 46 heavy (non-hydrogen) atoms. The molecule has 3 aromatic carbocycles. The highest BCUT2D eigenvalue weighted by Crippen LogP contribution is 2.30. The number of alkyl halides is 3. The van der Waals surface area contributed by atoms with Gasteiger partial charge in [0.25, 0.3) is 11.8 Å². The van der Waals surface area contributed by atoms with E-state index in [1.54, 1.807) is 44.2 Å². The number of aliphatic hydroxyl groups is 1. The van der Waals surface area contributed by atoms with E-state index in [-0.39, 0.29) is 28.5 Å². The van der Waals surface area contributed by atoms with Crippen molar-refractivity contribution in [1.82, 2.24) is 15.3 Å². The summed E-state index contributed by atoms with van der Waals surface area (Å²) in [6.07, 6.45) is -1.78. The van der Waals surface area contributed by atoms with Crippen LogP contribution in [0.2, 0.25) is 0 Å². The molecule has 0 spiro atoms. The van der Waals surface area contributed by atoms with Crippen LogP contribution in [0.4, 0.5) is 41.9 Å². The van der Waals surface area contributed by atoms with Gasteiger partial charge in [0, 0.05) is 28.2 Å². The number of carbonyl (C=O) groups excluding carboxylic acids is 3. The van der Waals surface area contributed by atoms with Crippen LogP contribution >= 0.6 is 0 Å². The number of nitrogens with zero attached hydrogens (tertiary/aromatic N) is 2. The van der Waals surface area contributed by atoms with Crippen molar-refractivity contribution >= 4 is 46.4 Å². The summed E-state index contributed by atoms with van der Waals surface area (Å²) in [5.74, 6) is -1.47. The minimum absolute atomic E-state index is 0.184. The maximum atomic E-state index is 13.0. The van der Waals surface area contributed by atoms with Gasteiger partial charge in [-0.25, -0.2) is 9.97 Å². The highest BCUT2D eigenvalue weighted by atomic mass is 19.4. The van der Waals surface area contributed by atoms with Gasteiger partial charge in [0.05, 0.1) is 29.7 Å². The molecule has 1 heterocycles. The quantitative estimate of drug-likeness (QED) is 0.0938. The summed E-state index contributed by atoms with van der Waals surface area (Å²) in [5, 5.41) is 24.0. The molecule has 0 saturated heterocycles. The van der Waals surface area contributed by atoms with E-state index in [0.29, 0.717) is 16.9 Å². The van der Waals surface area contributed by atoms with Gasteiger partial charge < -0.3 is 31.7 Å². The Hall–Kier alpha value is -5.76. The summed E-state index contributed by atoms with van der Waals surface area (Å²) >= 11 is 0. The van der Waals surface area contributed by atoms with Crippen molar-refractivity contribution < 1.29 is 32.7 Å². The number of amides is 3. The summed E-state index contributed by atoms with van der Waals surface area (Å²) < 4.78 is 39.1. The molecule has 238 valence electrons. The zero-order valence-electron chi connectivity index (χ0n) is 24.6. The molecule has 1 aromatic heterocycles. The van der Waals surface area contributed by atoms with Crippen LogP contribution in [0.5, 0.6) is 0 Å². The molecule has 4 rings (SSSR count). The number of aromatic nitrogens is 2. The Morgan fingerprint density at radius 1 is 0.870 bits per heavy atom. The molecular weight excluding hydrogens is 603 g/mol. The van der Waals surface area contributed by atoms with E-state index in [4.69, 9.17) is 0 Å². The van der Waals surface area contributed by atoms with Gasteiger partial charge in [-0.15, -0.1) is 0 Å². The SMILES string of the molecule is C=CC(=O)N[C@H](C)C(O)Nc1cccc(Nc2ncc(NC(=O)c3cc(NC(=O)c4cccc(C(F)(F)F)c4)ccc3C)cn2)c1. The van der Waals surface area contributed by atoms with Crippen LogP contribution < -0.4 is 26.6 Å². The second kappa shape index (κ2) is 14.3. The van der Waals surface area contributed by atoms with Crippen molar-refractivity contribution in [2.75, 3.05) is 21.3 Å². The summed E-state index contributed by atoms with van der Waals surface area (Å²) in [7, 11) is 0. The third kappa shape index (κ3) is 8.89. The first-order valence-corrected chi connectivity index (χ1v) is 13.8. The second-order valence-corrected chi connectivity index (χ2v) is 10.1. The number of aryl methyl sites for hydroxylation is 1. The average Bonchev–Trinajstić information content (AvgIpc) is 3.02. The van der Waals surface area contributed by atoms with Gasteiger partial charge >= 0.3 is 6.18 Å². The van der Waals surface area contributed by atoms with Crippen LogP contribution in [0, 0.1) is 6.92 Å². The van der Waals surface area contributed by atoms with Gasteiger partial charge in [0.15, 0.2) is 0 Å². The number of benzene rings is 3. The molecule has 1 unspecified atom stereocenters. The van der Waals surface area contributed by atoms with E-state index in [2.05, 4.69) is 43.1 Å². The Kier molecular flexibility index (Phi) is 10.3. The lowest BCUT2D eigenvalue weighted by atomic mass is 10.1. The minimum atomic E-state index is -4.59. The molecule has 0 radical (unpaired) electrons. The molecular formula is C32H30F3N7O4. The van der Waals surface area contributed by atoms with E-state index in [9.17, 15) is 32.7 Å². The van der Waals surface area contributed by atoms with E-state index in [0.717, 1.165) is 24.3 Å². The van der Waals surface area contributed by atoms with Crippen LogP contribution in [0.1, 0.15) is 38.8 Å². The number of hydrogen-bond donors (Lipinski definition) is 6. The second-order valence-electron chi connectivity index (χ2n) is 10.1. The van der Waals surface area contributed by atoms with E-state index in [1.807, 2.05) is 0 Å². The number of nitrogens with one attached hydrogen (secondary N) is 5. The first kappa shape index (κ1) is 33.1. The van der Waals surface area contributed by atoms with E-state index < -0.39 is 41.7 Å². The van der Waals surface area contributed by atoms with Crippen LogP contribution in [-0.2, 0) is 11.0 Å². The Labute approximate surface area is 262 Å². The van der Waals surface area contributed by atoms with E-state index in [1.165, 1.54) is 30.6 Å². The van der Waals surface area contributed by atoms with Gasteiger partial charge in [-0.05, 0) is 74.0 Å². The van der Waals surface area contributed by atoms with E-state index >= 15 is 0 Å². The van der Waals surface area contributed by atoms with Gasteiger partial charge in [-0.3, -0.25) is 14.4 Å². The van der Waals surface area contributed by atoms with Crippen molar-refractivity contribution in [2.45, 2.75) is 32.3 Å². The maximum absolute atomic E-state index is 13.0. The van der Waals surface area contributed by atoms with Crippen LogP contribution in [-0.4, -0.2) is 45.1 Å². The smallest absolute Gasteiger partial charge is 0.372 e. The van der Waals surface area contributed by atoms with Crippen molar-refractivity contribution in [3.05, 3.63) is 114 Å². The number of hydrogen-bond acceptors (Lipinski definition) is 8. The lowest BCUT2D eigenvalue weighted by Gasteiger charge is -2.22. The Morgan fingerprint density at radius 3 is 2.24 bits per heavy atom. The predicted octanol–water partition coefficient (Wildman–Crippen LogP) is 5.47. The minimum Gasteiger partial charge on any atom is -0.372 e. The summed E-state index contributed by atoms with van der Waals surface area (Å²) in [5.41, 5.74) is 1.32. The lowest BCUT2D eigenvalue weighted by Crippen LogP contribution is -2.44. The third-order valence-corrected chi connectivity index (χ3v) is 6.56. The maximum Gasteiger partial charge on any atom is 0.416 e. The summed E-state index contributed by atoms with van der Waals surface area (Å²) in [6.45, 7) is 6.71. The lowest BCUT2D eigenvalue weighted by molar-refractivity contribution is -0.137. The molecule has 6 N–H and O–H groups in total. The molecule has 0 aliphatic heterocycles. The molecule has 0 aliphatic rings. The van der Waals surface area contributed by atoms with Gasteiger partial charge in [0.2, 0.25) is 11.9 Å². The van der Waals surface area contributed by atoms with Gasteiger partial charge in [-0.1, -0.05) is 24.8 Å². The highest BCUT2D eigenvalue weighted by molar-refractivity contribution is 6.08. The molecule has 0 bridgehead atoms. The fourth-order valence-electron chi connectivity index (χ4n) is 4.11. The van der Waals surface area contributed by atoms with Crippen molar-refractivity contribution in [3.8, 4) is 0 Å². The number of aliphatic hydroxyl groups excluding tert-OH is 1. The first-order valence-electron chi connectivity index (χ1n) is 13.8. The normalized spacial score (nSPS) is 12.3. The van der Waals surface area contributed by atoms with Gasteiger partial charge in [0.1, 0.15) is 6.23 Å². The average molecular weight is 634 g/mol. The topological polar surface area (TPSA) is 157 Å². The molecule has 4 aromatic rings. The Bertz CT molecular complexity index is 1750. The standard InChI is InChI=1S/C32H30F3N7O4/c1-4-27(43)38-19(3)28(44)39-22-9-6-10-23(14-22)42-31-36-16-25(17-37-31)41-30(46)26-15-24(12-11-18(26)2)40-29(45)20-7-5-8-21(13-20)32(33,34)35/h4-17,19,28,39,44H,1H2,2-3H3,(H,38,43)(H,40,45)(H,41,46)(H,36,37,42)/t19-,28?/m1/s1. The van der Waals surface area contributed by atoms with Crippen LogP contribution in [0.3, 0.4) is 0 Å². The molecule has 3 amide bonds. The summed E-state index contributed by atoms with van der Waals surface area (Å²) in [6, 6.07) is 14.9. The van der Waals surface area contributed by atoms with Crippen LogP contribution in [0.25, 0.3) is 0 Å². The van der Waals surface area contributed by atoms with Crippen molar-refractivity contribution in [2.24, 2.45) is 0 Å². The van der Waals surface area contributed by atoms with Crippen LogP contribution in [0.15, 0.2) is 91.8 Å². The fourth-order valence-corrected chi connectivity index (χ4v) is 4.11. The first-order chi connectivity index (χ1) is 21.8. The fraction of sp³-hybridized carbons (Fsp3) is 0.156. The molecule has 11 nitrogen and oxygen atoms in total. The number of carbonyl (C=O) groups is 3. The van der Waals surface area contributed by atoms with Gasteiger partial charge in [-0.2, -0.15) is 13.2 Å².